The van der Waals surface area contributed by atoms with Crippen molar-refractivity contribution in [2.75, 3.05) is 20.7 Å². The van der Waals surface area contributed by atoms with Crippen molar-refractivity contribution in [3.8, 4) is 0 Å². The van der Waals surface area contributed by atoms with E-state index in [2.05, 4.69) is 15.0 Å². The van der Waals surface area contributed by atoms with Crippen molar-refractivity contribution in [2.24, 2.45) is 10.3 Å². The van der Waals surface area contributed by atoms with Gasteiger partial charge in [0.2, 0.25) is 6.04 Å². The van der Waals surface area contributed by atoms with Gasteiger partial charge < -0.3 is 4.74 Å². The van der Waals surface area contributed by atoms with Gasteiger partial charge in [-0.15, -0.1) is 4.91 Å². The average molecular weight is 342 g/mol. The summed E-state index contributed by atoms with van der Waals surface area (Å²) in [7, 11) is 2.39. The summed E-state index contributed by atoms with van der Waals surface area (Å²) in [5.41, 5.74) is 1.09. The summed E-state index contributed by atoms with van der Waals surface area (Å²) in [6.45, 7) is 1.39. The number of nitroso groups, excluding NO2 is 1. The Balaban J connectivity index is 3.08. The van der Waals surface area contributed by atoms with Gasteiger partial charge in [0.05, 0.1) is 11.5 Å². The number of nitrogens with one attached hydrogen (secondary N) is 1. The van der Waals surface area contributed by atoms with E-state index in [0.29, 0.717) is 11.1 Å². The highest BCUT2D eigenvalue weighted by Gasteiger charge is 2.42. The van der Waals surface area contributed by atoms with Crippen molar-refractivity contribution >= 4 is 23.7 Å². The molecule has 1 fully saturated rings. The van der Waals surface area contributed by atoms with Crippen LogP contribution in [0.3, 0.4) is 0 Å². The molecule has 0 aliphatic carbocycles. The molecule has 0 spiro atoms. The van der Waals surface area contributed by atoms with Gasteiger partial charge in [0.15, 0.2) is 5.84 Å². The molecule has 1 heterocycles. The van der Waals surface area contributed by atoms with E-state index in [9.17, 15) is 29.4 Å². The fourth-order valence-electron chi connectivity index (χ4n) is 1.67. The zero-order chi connectivity index (χ0) is 18.4. The molecule has 0 aromatic rings. The van der Waals surface area contributed by atoms with E-state index < -0.39 is 34.6 Å². The largest absolute Gasteiger partial charge is 0.458 e. The molecular weight excluding hydrogens is 328 g/mol. The number of amides is 3. The minimum absolute atomic E-state index is 0.0757. The highest BCUT2D eigenvalue weighted by atomic mass is 16.6. The predicted molar refractivity (Wildman–Crippen MR) is 77.8 cm³/mol. The molecule has 3 amide bonds. The molecule has 1 rings (SSSR count). The first-order valence-electron chi connectivity index (χ1n) is 6.48. The molecule has 130 valence electrons. The van der Waals surface area contributed by atoms with Crippen LogP contribution in [0.5, 0.6) is 0 Å². The molecule has 1 aliphatic heterocycles. The van der Waals surface area contributed by atoms with Gasteiger partial charge in [-0.2, -0.15) is 5.10 Å². The van der Waals surface area contributed by atoms with Gasteiger partial charge in [-0.3, -0.25) is 30.1 Å². The van der Waals surface area contributed by atoms with Gasteiger partial charge in [0, 0.05) is 14.1 Å². The van der Waals surface area contributed by atoms with Gasteiger partial charge in [0.25, 0.3) is 5.91 Å². The first-order valence-corrected chi connectivity index (χ1v) is 6.48. The van der Waals surface area contributed by atoms with Crippen molar-refractivity contribution in [3.05, 3.63) is 26.9 Å². The van der Waals surface area contributed by atoms with Crippen molar-refractivity contribution in [1.29, 1.82) is 0 Å². The molecule has 1 saturated heterocycles. The number of carbonyl (C=O) groups is 3. The lowest BCUT2D eigenvalue weighted by molar-refractivity contribution is -0.421. The lowest BCUT2D eigenvalue weighted by Crippen LogP contribution is -2.59. The van der Waals surface area contributed by atoms with Gasteiger partial charge >= 0.3 is 17.7 Å². The fourth-order valence-corrected chi connectivity index (χ4v) is 1.67. The predicted octanol–water partition coefficient (Wildman–Crippen LogP) is -0.770. The van der Waals surface area contributed by atoms with E-state index in [4.69, 9.17) is 0 Å². The molecule has 0 radical (unpaired) electrons. The standard InChI is InChI=1S/C11H14N6O7/c1-4-24-10(19)6(17(22)23)5-12-13-8-7(14-21)9(18)16(3)11(20)15(8)2/h5,7,12H,4H2,1-3H3. The first-order chi connectivity index (χ1) is 11.3. The molecule has 13 nitrogen and oxygen atoms in total. The topological polar surface area (TPSA) is 164 Å². The van der Waals surface area contributed by atoms with E-state index in [1.54, 1.807) is 0 Å². The van der Waals surface area contributed by atoms with Crippen LogP contribution in [0.1, 0.15) is 6.92 Å². The lowest BCUT2D eigenvalue weighted by atomic mass is 10.2. The first kappa shape index (κ1) is 18.7. The van der Waals surface area contributed by atoms with Crippen LogP contribution in [0.4, 0.5) is 4.79 Å². The molecule has 1 aliphatic rings. The molecule has 1 unspecified atom stereocenters. The molecule has 24 heavy (non-hydrogen) atoms. The Morgan fingerprint density at radius 3 is 2.54 bits per heavy atom. The lowest BCUT2D eigenvalue weighted by Gasteiger charge is -2.32. The van der Waals surface area contributed by atoms with Gasteiger partial charge in [-0.05, 0) is 12.1 Å². The van der Waals surface area contributed by atoms with Crippen molar-refractivity contribution < 1.29 is 24.0 Å². The van der Waals surface area contributed by atoms with Crippen molar-refractivity contribution in [3.63, 3.8) is 0 Å². The SMILES string of the molecule is CCOC(=O)C(=CNN=C1C(N=O)C(=O)N(C)C(=O)N1C)[N+](=O)[O-]. The highest BCUT2D eigenvalue weighted by molar-refractivity contribution is 6.20. The summed E-state index contributed by atoms with van der Waals surface area (Å²) >= 11 is 0. The maximum Gasteiger partial charge on any atom is 0.411 e. The molecule has 0 aromatic carbocycles. The fraction of sp³-hybridized carbons (Fsp3) is 0.455. The Labute approximate surface area is 135 Å². The number of likely N-dealkylation sites (N-methyl/N-ethyl adjacent to an activating group) is 2. The average Bonchev–Trinajstić information content (AvgIpc) is 2.53. The van der Waals surface area contributed by atoms with Crippen LogP contribution in [0.25, 0.3) is 0 Å². The summed E-state index contributed by atoms with van der Waals surface area (Å²) in [5, 5.41) is 16.9. The molecule has 13 heteroatoms. The number of nitro groups is 1. The number of nitrogens with zero attached hydrogens (tertiary/aromatic N) is 5. The third kappa shape index (κ3) is 3.68. The number of carbonyl (C=O) groups excluding carboxylic acids is 3. The van der Waals surface area contributed by atoms with Crippen LogP contribution in [0.2, 0.25) is 0 Å². The normalized spacial score (nSPS) is 20.2. The number of esters is 1. The number of urea groups is 1. The Bertz CT molecular complexity index is 643. The van der Waals surface area contributed by atoms with Gasteiger partial charge in [-0.1, -0.05) is 0 Å². The third-order valence-corrected chi connectivity index (χ3v) is 2.89. The van der Waals surface area contributed by atoms with Gasteiger partial charge in [0.1, 0.15) is 6.20 Å². The molecule has 0 saturated carbocycles. The van der Waals surface area contributed by atoms with Crippen LogP contribution in [0.15, 0.2) is 22.2 Å². The smallest absolute Gasteiger partial charge is 0.411 e. The van der Waals surface area contributed by atoms with E-state index in [0.717, 1.165) is 11.9 Å². The summed E-state index contributed by atoms with van der Waals surface area (Å²) in [6, 6.07) is -2.38. The Morgan fingerprint density at radius 2 is 2.04 bits per heavy atom. The monoisotopic (exact) mass is 342 g/mol. The number of rotatable bonds is 6. The van der Waals surface area contributed by atoms with E-state index in [-0.39, 0.29) is 12.4 Å². The van der Waals surface area contributed by atoms with E-state index >= 15 is 0 Å². The van der Waals surface area contributed by atoms with Crippen LogP contribution in [-0.2, 0) is 14.3 Å². The highest BCUT2D eigenvalue weighted by Crippen LogP contribution is 2.13. The maximum absolute atomic E-state index is 11.8. The number of hydrazone groups is 1. The van der Waals surface area contributed by atoms with Crippen molar-refractivity contribution in [1.82, 2.24) is 15.2 Å². The molecule has 0 aromatic heterocycles. The number of hydrogen-bond acceptors (Lipinski definition) is 10. The zero-order valence-electron chi connectivity index (χ0n) is 13.0. The summed E-state index contributed by atoms with van der Waals surface area (Å²) in [5.74, 6) is -2.48. The Morgan fingerprint density at radius 1 is 1.42 bits per heavy atom. The van der Waals surface area contributed by atoms with Crippen LogP contribution < -0.4 is 5.43 Å². The van der Waals surface area contributed by atoms with Crippen molar-refractivity contribution in [2.45, 2.75) is 13.0 Å². The number of ether oxygens (including phenoxy) is 1. The summed E-state index contributed by atoms with van der Waals surface area (Å²) in [6.07, 6.45) is 0.605. The molecule has 0 bridgehead atoms. The minimum atomic E-state index is -1.61. The number of imide groups is 1. The minimum Gasteiger partial charge on any atom is -0.458 e. The molecule has 1 N–H and O–H groups in total. The Kier molecular flexibility index (Phi) is 6.03. The Hall–Kier alpha value is -3.38. The third-order valence-electron chi connectivity index (χ3n) is 2.89. The second-order valence-electron chi connectivity index (χ2n) is 4.35. The van der Waals surface area contributed by atoms with Gasteiger partial charge in [-0.25, -0.2) is 9.59 Å². The van der Waals surface area contributed by atoms with E-state index in [1.807, 2.05) is 5.43 Å². The second kappa shape index (κ2) is 7.75. The quantitative estimate of drug-likeness (QED) is 0.216. The van der Waals surface area contributed by atoms with Crippen LogP contribution >= 0.6 is 0 Å². The molecule has 1 atom stereocenters. The molecular formula is C11H14N6O7. The second-order valence-corrected chi connectivity index (χ2v) is 4.35. The maximum atomic E-state index is 11.8. The number of amidine groups is 1. The van der Waals surface area contributed by atoms with Crippen LogP contribution in [-0.4, -0.2) is 65.2 Å². The van der Waals surface area contributed by atoms with Crippen LogP contribution in [0, 0.1) is 15.0 Å². The summed E-state index contributed by atoms with van der Waals surface area (Å²) < 4.78 is 4.49. The summed E-state index contributed by atoms with van der Waals surface area (Å²) in [4.78, 5) is 57.1. The zero-order valence-corrected chi connectivity index (χ0v) is 13.0. The van der Waals surface area contributed by atoms with E-state index in [1.165, 1.54) is 14.0 Å². The number of hydrogen-bond donors (Lipinski definition) is 1.